The third kappa shape index (κ3) is 6.86. The summed E-state index contributed by atoms with van der Waals surface area (Å²) in [5.41, 5.74) is 2.59. The second kappa shape index (κ2) is 10.5. The first kappa shape index (κ1) is 18.0. The number of aliphatic imine (C=N–C) groups is 1. The van der Waals surface area contributed by atoms with Crippen LogP contribution in [0.4, 0.5) is 0 Å². The topological polar surface area (TPSA) is 54.2 Å². The maximum atomic E-state index is 4.63. The predicted octanol–water partition coefficient (Wildman–Crippen LogP) is 2.77. The van der Waals surface area contributed by atoms with E-state index in [-0.39, 0.29) is 0 Å². The number of guanidine groups is 1. The molecule has 1 heterocycles. The van der Waals surface area contributed by atoms with Crippen molar-refractivity contribution in [2.45, 2.75) is 39.7 Å². The fourth-order valence-electron chi connectivity index (χ4n) is 2.50. The molecule has 2 N–H and O–H groups in total. The number of aryl methyl sites for hydroxylation is 3. The Labute approximate surface area is 145 Å². The SMILES string of the molecule is CCNC(=NCCCn1cc(C)cn1)NCCCc1ccccc1. The van der Waals surface area contributed by atoms with E-state index < -0.39 is 0 Å². The van der Waals surface area contributed by atoms with Gasteiger partial charge >= 0.3 is 0 Å². The molecule has 0 atom stereocenters. The van der Waals surface area contributed by atoms with Gasteiger partial charge in [0.05, 0.1) is 6.20 Å². The average molecular weight is 327 g/mol. The van der Waals surface area contributed by atoms with Crippen molar-refractivity contribution in [2.75, 3.05) is 19.6 Å². The van der Waals surface area contributed by atoms with Gasteiger partial charge in [-0.15, -0.1) is 0 Å². The molecule has 130 valence electrons. The molecule has 5 heteroatoms. The van der Waals surface area contributed by atoms with Gasteiger partial charge in [0.25, 0.3) is 0 Å². The highest BCUT2D eigenvalue weighted by molar-refractivity contribution is 5.79. The lowest BCUT2D eigenvalue weighted by Gasteiger charge is -2.11. The summed E-state index contributed by atoms with van der Waals surface area (Å²) in [6, 6.07) is 10.6. The lowest BCUT2D eigenvalue weighted by Crippen LogP contribution is -2.38. The molecule has 1 aromatic carbocycles. The van der Waals surface area contributed by atoms with Crippen molar-refractivity contribution in [3.05, 3.63) is 53.9 Å². The maximum absolute atomic E-state index is 4.63. The molecule has 0 fully saturated rings. The Hall–Kier alpha value is -2.30. The van der Waals surface area contributed by atoms with Crippen molar-refractivity contribution in [3.63, 3.8) is 0 Å². The molecule has 0 radical (unpaired) electrons. The Morgan fingerprint density at radius 3 is 2.71 bits per heavy atom. The molecule has 5 nitrogen and oxygen atoms in total. The summed E-state index contributed by atoms with van der Waals surface area (Å²) in [4.78, 5) is 4.63. The van der Waals surface area contributed by atoms with Gasteiger partial charge in [0.2, 0.25) is 0 Å². The summed E-state index contributed by atoms with van der Waals surface area (Å²) < 4.78 is 1.98. The van der Waals surface area contributed by atoms with Crippen molar-refractivity contribution in [3.8, 4) is 0 Å². The Balaban J connectivity index is 1.66. The van der Waals surface area contributed by atoms with Gasteiger partial charge in [-0.2, -0.15) is 5.10 Å². The van der Waals surface area contributed by atoms with E-state index in [4.69, 9.17) is 0 Å². The molecule has 0 unspecified atom stereocenters. The monoisotopic (exact) mass is 327 g/mol. The molecule has 2 aromatic rings. The van der Waals surface area contributed by atoms with Gasteiger partial charge in [0, 0.05) is 32.4 Å². The van der Waals surface area contributed by atoms with E-state index in [0.29, 0.717) is 0 Å². The summed E-state index contributed by atoms with van der Waals surface area (Å²) in [6.45, 7) is 7.66. The van der Waals surface area contributed by atoms with Crippen LogP contribution in [0.2, 0.25) is 0 Å². The van der Waals surface area contributed by atoms with Gasteiger partial charge in [-0.3, -0.25) is 9.67 Å². The molecule has 0 bridgehead atoms. The zero-order valence-corrected chi connectivity index (χ0v) is 14.8. The van der Waals surface area contributed by atoms with Crippen molar-refractivity contribution >= 4 is 5.96 Å². The molecule has 0 spiro atoms. The maximum Gasteiger partial charge on any atom is 0.191 e. The van der Waals surface area contributed by atoms with Crippen LogP contribution in [0.25, 0.3) is 0 Å². The van der Waals surface area contributed by atoms with E-state index in [1.165, 1.54) is 11.1 Å². The van der Waals surface area contributed by atoms with E-state index in [1.54, 1.807) is 0 Å². The first-order valence-electron chi connectivity index (χ1n) is 8.83. The largest absolute Gasteiger partial charge is 0.357 e. The zero-order chi connectivity index (χ0) is 17.0. The first-order chi connectivity index (χ1) is 11.8. The van der Waals surface area contributed by atoms with Crippen molar-refractivity contribution in [1.82, 2.24) is 20.4 Å². The minimum Gasteiger partial charge on any atom is -0.357 e. The molecule has 0 amide bonds. The lowest BCUT2D eigenvalue weighted by atomic mass is 10.1. The van der Waals surface area contributed by atoms with Crippen molar-refractivity contribution in [2.24, 2.45) is 4.99 Å². The van der Waals surface area contributed by atoms with Crippen LogP contribution in [-0.2, 0) is 13.0 Å². The van der Waals surface area contributed by atoms with Crippen LogP contribution in [0.15, 0.2) is 47.7 Å². The molecular weight excluding hydrogens is 298 g/mol. The van der Waals surface area contributed by atoms with Gasteiger partial charge in [0.1, 0.15) is 0 Å². The predicted molar refractivity (Wildman–Crippen MR) is 100 cm³/mol. The molecule has 0 saturated heterocycles. The van der Waals surface area contributed by atoms with E-state index in [2.05, 4.69) is 71.1 Å². The Bertz CT molecular complexity index is 603. The van der Waals surface area contributed by atoms with Gasteiger partial charge in [0.15, 0.2) is 5.96 Å². The number of aromatic nitrogens is 2. The van der Waals surface area contributed by atoms with E-state index in [0.717, 1.165) is 51.4 Å². The summed E-state index contributed by atoms with van der Waals surface area (Å²) in [5.74, 6) is 0.905. The third-order valence-electron chi connectivity index (χ3n) is 3.70. The number of benzene rings is 1. The highest BCUT2D eigenvalue weighted by Gasteiger charge is 1.98. The average Bonchev–Trinajstić information content (AvgIpc) is 3.01. The van der Waals surface area contributed by atoms with E-state index >= 15 is 0 Å². The first-order valence-corrected chi connectivity index (χ1v) is 8.83. The Morgan fingerprint density at radius 1 is 1.17 bits per heavy atom. The van der Waals surface area contributed by atoms with Crippen molar-refractivity contribution in [1.29, 1.82) is 0 Å². The second-order valence-corrected chi connectivity index (χ2v) is 5.91. The highest BCUT2D eigenvalue weighted by Crippen LogP contribution is 2.01. The van der Waals surface area contributed by atoms with Gasteiger partial charge in [-0.05, 0) is 44.2 Å². The molecule has 2 rings (SSSR count). The summed E-state index contributed by atoms with van der Waals surface area (Å²) >= 11 is 0. The van der Waals surface area contributed by atoms with Gasteiger partial charge in [-0.25, -0.2) is 0 Å². The molecule has 0 saturated carbocycles. The van der Waals surface area contributed by atoms with Crippen LogP contribution < -0.4 is 10.6 Å². The number of hydrogen-bond donors (Lipinski definition) is 2. The summed E-state index contributed by atoms with van der Waals surface area (Å²) in [7, 11) is 0. The summed E-state index contributed by atoms with van der Waals surface area (Å²) in [6.07, 6.45) is 7.13. The van der Waals surface area contributed by atoms with Gasteiger partial charge < -0.3 is 10.6 Å². The van der Waals surface area contributed by atoms with Crippen LogP contribution >= 0.6 is 0 Å². The molecule has 24 heavy (non-hydrogen) atoms. The van der Waals surface area contributed by atoms with Crippen LogP contribution in [0, 0.1) is 6.92 Å². The number of nitrogens with one attached hydrogen (secondary N) is 2. The smallest absolute Gasteiger partial charge is 0.191 e. The van der Waals surface area contributed by atoms with Crippen molar-refractivity contribution < 1.29 is 0 Å². The van der Waals surface area contributed by atoms with E-state index in [9.17, 15) is 0 Å². The molecule has 0 aliphatic carbocycles. The van der Waals surface area contributed by atoms with E-state index in [1.807, 2.05) is 10.9 Å². The van der Waals surface area contributed by atoms with Crippen LogP contribution in [0.5, 0.6) is 0 Å². The lowest BCUT2D eigenvalue weighted by molar-refractivity contribution is 0.583. The summed E-state index contributed by atoms with van der Waals surface area (Å²) in [5, 5.41) is 11.0. The highest BCUT2D eigenvalue weighted by atomic mass is 15.3. The molecular formula is C19H29N5. The minimum absolute atomic E-state index is 0.799. The molecule has 1 aromatic heterocycles. The number of rotatable bonds is 9. The van der Waals surface area contributed by atoms with Crippen LogP contribution in [0.1, 0.15) is 30.9 Å². The van der Waals surface area contributed by atoms with Crippen LogP contribution in [-0.4, -0.2) is 35.4 Å². The molecule has 0 aliphatic heterocycles. The minimum atomic E-state index is 0.799. The Morgan fingerprint density at radius 2 is 2.00 bits per heavy atom. The standard InChI is InChI=1S/C19H29N5/c1-3-20-19(21-12-7-11-18-9-5-4-6-10-18)22-13-8-14-24-16-17(2)15-23-24/h4-6,9-10,15-16H,3,7-8,11-14H2,1-2H3,(H2,20,21,22). The third-order valence-corrected chi connectivity index (χ3v) is 3.70. The Kier molecular flexibility index (Phi) is 7.87. The number of hydrogen-bond acceptors (Lipinski definition) is 2. The van der Waals surface area contributed by atoms with Gasteiger partial charge in [-0.1, -0.05) is 30.3 Å². The quantitative estimate of drug-likeness (QED) is 0.423. The fraction of sp³-hybridized carbons (Fsp3) is 0.474. The number of nitrogens with zero attached hydrogens (tertiary/aromatic N) is 3. The normalized spacial score (nSPS) is 11.5. The zero-order valence-electron chi connectivity index (χ0n) is 14.8. The fourth-order valence-corrected chi connectivity index (χ4v) is 2.50. The molecule has 0 aliphatic rings. The second-order valence-electron chi connectivity index (χ2n) is 5.91. The van der Waals surface area contributed by atoms with Crippen LogP contribution in [0.3, 0.4) is 0 Å².